The Morgan fingerprint density at radius 3 is 1.75 bits per heavy atom. The Hall–Kier alpha value is 0.709. The minimum atomic E-state index is 0. The molecule has 0 N–H and O–H groups in total. The molecule has 0 aliphatic heterocycles. The maximum atomic E-state index is 4.39. The standard InChI is InChI=1S/CH6OSi.Al.3H/c1-2-3;;;;/h1,3H3;;;;. The molecule has 4 heavy (non-hydrogen) atoms. The molecule has 0 spiro atoms. The van der Waals surface area contributed by atoms with Crippen molar-refractivity contribution in [1.29, 1.82) is 0 Å². The first-order valence-electron chi connectivity index (χ1n) is 0.816. The van der Waals surface area contributed by atoms with Gasteiger partial charge in [-0.1, -0.05) is 0 Å². The molecule has 1 nitrogen and oxygen atoms in total. The summed E-state index contributed by atoms with van der Waals surface area (Å²) in [6.07, 6.45) is 0. The largest absolute Gasteiger partial charge is 0.431 e. The summed E-state index contributed by atoms with van der Waals surface area (Å²) in [7, 11) is 2.56. The van der Waals surface area contributed by atoms with Gasteiger partial charge in [0.05, 0.1) is 0 Å². The van der Waals surface area contributed by atoms with Crippen LogP contribution in [0, 0.1) is 0 Å². The fraction of sp³-hybridized carbons (Fsp3) is 1.00. The molecule has 3 heteroatoms. The predicted molar refractivity (Wildman–Crippen MR) is 26.9 cm³/mol. The second-order valence-electron chi connectivity index (χ2n) is 0.408. The average molecular weight is 92.2 g/mol. The SMILES string of the molecule is CO[SiH3].[AlH3]. The molecule has 0 saturated carbocycles. The van der Waals surface area contributed by atoms with E-state index < -0.39 is 0 Å². The van der Waals surface area contributed by atoms with E-state index in [0.717, 1.165) is 10.5 Å². The van der Waals surface area contributed by atoms with Crippen molar-refractivity contribution in [3.63, 3.8) is 0 Å². The summed E-state index contributed by atoms with van der Waals surface area (Å²) < 4.78 is 4.39. The molecule has 0 atom stereocenters. The maximum absolute atomic E-state index is 4.39. The van der Waals surface area contributed by atoms with Crippen LogP contribution in [0.2, 0.25) is 0 Å². The van der Waals surface area contributed by atoms with Gasteiger partial charge >= 0.3 is 0 Å². The summed E-state index contributed by atoms with van der Waals surface area (Å²) in [4.78, 5) is 0. The molecule has 26 valence electrons. The van der Waals surface area contributed by atoms with Gasteiger partial charge in [0.2, 0.25) is 0 Å². The first kappa shape index (κ1) is 8.83. The molecule has 0 amide bonds. The van der Waals surface area contributed by atoms with Gasteiger partial charge in [0.1, 0.15) is 10.5 Å². The fourth-order valence-electron chi connectivity index (χ4n) is 0. The predicted octanol–water partition coefficient (Wildman–Crippen LogP) is -2.27. The Balaban J connectivity index is 0. The third kappa shape index (κ3) is 15.7. The van der Waals surface area contributed by atoms with Crippen molar-refractivity contribution < 1.29 is 4.43 Å². The van der Waals surface area contributed by atoms with Crippen molar-refractivity contribution in [1.82, 2.24) is 0 Å². The normalized spacial score (nSPS) is 5.25. The summed E-state index contributed by atoms with van der Waals surface area (Å²) in [5.41, 5.74) is 0. The van der Waals surface area contributed by atoms with Crippen LogP contribution >= 0.6 is 0 Å². The minimum Gasteiger partial charge on any atom is -0.431 e. The monoisotopic (exact) mass is 92.0 g/mol. The van der Waals surface area contributed by atoms with Crippen LogP contribution in [0.4, 0.5) is 0 Å². The maximum Gasteiger partial charge on any atom is 0.187 e. The molecular weight excluding hydrogens is 83.1 g/mol. The van der Waals surface area contributed by atoms with Gasteiger partial charge in [-0.05, 0) is 0 Å². The molecule has 0 unspecified atom stereocenters. The van der Waals surface area contributed by atoms with Crippen LogP contribution < -0.4 is 0 Å². The van der Waals surface area contributed by atoms with Gasteiger partial charge in [-0.15, -0.1) is 0 Å². The average Bonchev–Trinajstić information content (AvgIpc) is 0.918. The lowest BCUT2D eigenvalue weighted by Crippen LogP contribution is -1.60. The van der Waals surface area contributed by atoms with E-state index in [9.17, 15) is 0 Å². The van der Waals surface area contributed by atoms with Gasteiger partial charge in [0.15, 0.2) is 17.4 Å². The first-order valence-corrected chi connectivity index (χ1v) is 1.63. The van der Waals surface area contributed by atoms with Gasteiger partial charge in [-0.3, -0.25) is 0 Å². The second kappa shape index (κ2) is 9.32. The molecule has 0 saturated heterocycles. The smallest absolute Gasteiger partial charge is 0.187 e. The van der Waals surface area contributed by atoms with Crippen LogP contribution in [0.3, 0.4) is 0 Å². The third-order valence-electron chi connectivity index (χ3n) is 0. The van der Waals surface area contributed by atoms with Crippen molar-refractivity contribution >= 4 is 27.8 Å². The van der Waals surface area contributed by atoms with Gasteiger partial charge < -0.3 is 4.43 Å². The Morgan fingerprint density at radius 1 is 1.75 bits per heavy atom. The number of rotatable bonds is 0. The highest BCUT2D eigenvalue weighted by atomic mass is 28.2. The van der Waals surface area contributed by atoms with Crippen LogP contribution in [0.5, 0.6) is 0 Å². The van der Waals surface area contributed by atoms with Crippen molar-refractivity contribution in [3.05, 3.63) is 0 Å². The summed E-state index contributed by atoms with van der Waals surface area (Å²) in [6, 6.07) is 0. The lowest BCUT2D eigenvalue weighted by atomic mass is 11.8. The quantitative estimate of drug-likeness (QED) is 0.306. The Bertz CT molecular complexity index is 8.00. The number of hydrogen-bond acceptors (Lipinski definition) is 1. The topological polar surface area (TPSA) is 9.23 Å². The van der Waals surface area contributed by atoms with E-state index >= 15 is 0 Å². The molecule has 0 aliphatic rings. The van der Waals surface area contributed by atoms with E-state index in [1.54, 1.807) is 7.11 Å². The minimum absolute atomic E-state index is 0. The van der Waals surface area contributed by atoms with Gasteiger partial charge in [0, 0.05) is 7.11 Å². The molecular formula is CH9AlOSi. The second-order valence-corrected chi connectivity index (χ2v) is 1.22. The molecule has 0 aromatic heterocycles. The van der Waals surface area contributed by atoms with E-state index in [2.05, 4.69) is 4.43 Å². The molecule has 0 aliphatic carbocycles. The Kier molecular flexibility index (Phi) is 20.6. The molecule has 0 fully saturated rings. The zero-order valence-corrected chi connectivity index (χ0v) is 4.41. The van der Waals surface area contributed by atoms with Gasteiger partial charge in [-0.2, -0.15) is 0 Å². The van der Waals surface area contributed by atoms with E-state index in [4.69, 9.17) is 0 Å². The summed E-state index contributed by atoms with van der Waals surface area (Å²) in [6.45, 7) is 0. The van der Waals surface area contributed by atoms with Crippen LogP contribution in [0.25, 0.3) is 0 Å². The van der Waals surface area contributed by atoms with Crippen molar-refractivity contribution in [2.75, 3.05) is 7.11 Å². The summed E-state index contributed by atoms with van der Waals surface area (Å²) in [5, 5.41) is 0. The molecule has 0 aromatic rings. The first-order chi connectivity index (χ1) is 1.41. The Morgan fingerprint density at radius 2 is 1.75 bits per heavy atom. The zero-order chi connectivity index (χ0) is 2.71. The lowest BCUT2D eigenvalue weighted by Gasteiger charge is -1.61. The van der Waals surface area contributed by atoms with E-state index in [0.29, 0.717) is 0 Å². The highest BCUT2D eigenvalue weighted by Crippen LogP contribution is 1.24. The lowest BCUT2D eigenvalue weighted by molar-refractivity contribution is 0.460. The summed E-state index contributed by atoms with van der Waals surface area (Å²) in [5.74, 6) is 0. The molecule has 0 radical (unpaired) electrons. The van der Waals surface area contributed by atoms with Crippen LogP contribution in [0.15, 0.2) is 0 Å². The molecule has 0 heterocycles. The highest BCUT2D eigenvalue weighted by Gasteiger charge is 1.27. The zero-order valence-electron chi connectivity index (χ0n) is 2.41. The fourth-order valence-corrected chi connectivity index (χ4v) is 0. The van der Waals surface area contributed by atoms with Crippen molar-refractivity contribution in [2.24, 2.45) is 0 Å². The van der Waals surface area contributed by atoms with E-state index in [1.807, 2.05) is 0 Å². The Labute approximate surface area is 40.0 Å². The van der Waals surface area contributed by atoms with Gasteiger partial charge in [-0.25, -0.2) is 0 Å². The van der Waals surface area contributed by atoms with Crippen LogP contribution in [0.1, 0.15) is 0 Å². The highest BCUT2D eigenvalue weighted by molar-refractivity contribution is 5.97. The van der Waals surface area contributed by atoms with Gasteiger partial charge in [0.25, 0.3) is 0 Å². The van der Waals surface area contributed by atoms with Crippen molar-refractivity contribution in [2.45, 2.75) is 0 Å². The van der Waals surface area contributed by atoms with Crippen LogP contribution in [-0.2, 0) is 4.43 Å². The van der Waals surface area contributed by atoms with Crippen molar-refractivity contribution in [3.8, 4) is 0 Å². The molecule has 0 aromatic carbocycles. The van der Waals surface area contributed by atoms with E-state index in [1.165, 1.54) is 0 Å². The molecule has 0 bridgehead atoms. The summed E-state index contributed by atoms with van der Waals surface area (Å²) >= 11 is 0. The van der Waals surface area contributed by atoms with E-state index in [-0.39, 0.29) is 17.4 Å². The number of hydrogen-bond donors (Lipinski definition) is 0. The third-order valence-corrected chi connectivity index (χ3v) is 0. The molecule has 0 rings (SSSR count). The van der Waals surface area contributed by atoms with Crippen LogP contribution in [-0.4, -0.2) is 35.0 Å².